The highest BCUT2D eigenvalue weighted by atomic mass is 16.4. The molecule has 1 rings (SSSR count). The molecule has 0 heterocycles. The maximum Gasteiger partial charge on any atom is 0.331 e. The third-order valence-corrected chi connectivity index (χ3v) is 1.66. The Balaban J connectivity index is 2.89. The second kappa shape index (κ2) is 2.69. The average molecular weight is 138 g/mol. The van der Waals surface area contributed by atoms with Crippen LogP contribution in [0.2, 0.25) is 0 Å². The van der Waals surface area contributed by atoms with Gasteiger partial charge in [-0.1, -0.05) is 12.2 Å². The fourth-order valence-corrected chi connectivity index (χ4v) is 1.06. The first-order chi connectivity index (χ1) is 4.72. The van der Waals surface area contributed by atoms with Crippen LogP contribution in [-0.2, 0) is 4.79 Å². The second-order valence-corrected chi connectivity index (χ2v) is 2.41. The van der Waals surface area contributed by atoms with Gasteiger partial charge >= 0.3 is 5.97 Å². The number of carboxylic acid groups (broad SMARTS) is 1. The molecule has 0 bridgehead atoms. The molecule has 1 aliphatic carbocycles. The summed E-state index contributed by atoms with van der Waals surface area (Å²) in [6, 6.07) is 0. The Bertz CT molecular complexity index is 211. The molecule has 0 aliphatic heterocycles. The van der Waals surface area contributed by atoms with Crippen LogP contribution in [0, 0.1) is 0 Å². The molecule has 0 fully saturated rings. The van der Waals surface area contributed by atoms with E-state index in [0.29, 0.717) is 12.0 Å². The van der Waals surface area contributed by atoms with Gasteiger partial charge in [0.15, 0.2) is 0 Å². The van der Waals surface area contributed by atoms with E-state index in [0.717, 1.165) is 12.0 Å². The van der Waals surface area contributed by atoms with Crippen molar-refractivity contribution in [2.24, 2.45) is 0 Å². The van der Waals surface area contributed by atoms with Crippen molar-refractivity contribution in [3.05, 3.63) is 23.3 Å². The van der Waals surface area contributed by atoms with E-state index in [2.05, 4.69) is 0 Å². The molecule has 0 aromatic rings. The molecule has 0 atom stereocenters. The number of hydrogen-bond donors (Lipinski definition) is 1. The van der Waals surface area contributed by atoms with E-state index in [1.54, 1.807) is 0 Å². The second-order valence-electron chi connectivity index (χ2n) is 2.41. The maximum atomic E-state index is 10.5. The van der Waals surface area contributed by atoms with Gasteiger partial charge in [0.05, 0.1) is 0 Å². The van der Waals surface area contributed by atoms with Crippen LogP contribution in [0.3, 0.4) is 0 Å². The molecule has 2 heteroatoms. The first-order valence-electron chi connectivity index (χ1n) is 3.31. The summed E-state index contributed by atoms with van der Waals surface area (Å²) < 4.78 is 0. The molecular weight excluding hydrogens is 128 g/mol. The standard InChI is InChI=1S/C8H10O2/c1-6-4-2-3-5-7(6)8(9)10/h2,4H,3,5H2,1H3,(H,9,10). The van der Waals surface area contributed by atoms with Gasteiger partial charge < -0.3 is 5.11 Å². The van der Waals surface area contributed by atoms with E-state index >= 15 is 0 Å². The van der Waals surface area contributed by atoms with E-state index in [9.17, 15) is 4.79 Å². The van der Waals surface area contributed by atoms with Crippen molar-refractivity contribution < 1.29 is 9.90 Å². The van der Waals surface area contributed by atoms with Gasteiger partial charge in [0, 0.05) is 5.57 Å². The first kappa shape index (κ1) is 7.06. The van der Waals surface area contributed by atoms with Gasteiger partial charge in [-0.2, -0.15) is 0 Å². The quantitative estimate of drug-likeness (QED) is 0.599. The number of aliphatic carboxylic acids is 1. The predicted molar refractivity (Wildman–Crippen MR) is 38.7 cm³/mol. The largest absolute Gasteiger partial charge is 0.478 e. The van der Waals surface area contributed by atoms with Crippen LogP contribution >= 0.6 is 0 Å². The SMILES string of the molecule is CC1=C(C(=O)O)CCC=C1. The average Bonchev–Trinajstić information content (AvgIpc) is 1.88. The number of hydrogen-bond acceptors (Lipinski definition) is 1. The molecular formula is C8H10O2. The zero-order valence-electron chi connectivity index (χ0n) is 5.92. The van der Waals surface area contributed by atoms with Gasteiger partial charge in [0.25, 0.3) is 0 Å². The fraction of sp³-hybridized carbons (Fsp3) is 0.375. The molecule has 0 aromatic heterocycles. The fourth-order valence-electron chi connectivity index (χ4n) is 1.06. The van der Waals surface area contributed by atoms with E-state index in [1.165, 1.54) is 0 Å². The van der Waals surface area contributed by atoms with Crippen LogP contribution in [-0.4, -0.2) is 11.1 Å². The summed E-state index contributed by atoms with van der Waals surface area (Å²) in [6.45, 7) is 1.83. The minimum atomic E-state index is -0.776. The minimum absolute atomic E-state index is 0.558. The monoisotopic (exact) mass is 138 g/mol. The zero-order valence-corrected chi connectivity index (χ0v) is 5.92. The predicted octanol–water partition coefficient (Wildman–Crippen LogP) is 1.74. The highest BCUT2D eigenvalue weighted by Gasteiger charge is 2.10. The summed E-state index contributed by atoms with van der Waals surface area (Å²) in [7, 11) is 0. The van der Waals surface area contributed by atoms with Gasteiger partial charge in [-0.15, -0.1) is 0 Å². The van der Waals surface area contributed by atoms with Crippen LogP contribution in [0.1, 0.15) is 19.8 Å². The highest BCUT2D eigenvalue weighted by molar-refractivity contribution is 5.88. The molecule has 0 saturated carbocycles. The Hall–Kier alpha value is -1.05. The van der Waals surface area contributed by atoms with Crippen LogP contribution in [0.4, 0.5) is 0 Å². The van der Waals surface area contributed by atoms with Crippen LogP contribution in [0.5, 0.6) is 0 Å². The molecule has 1 aliphatic rings. The molecule has 0 radical (unpaired) electrons. The number of carboxylic acids is 1. The van der Waals surface area contributed by atoms with Gasteiger partial charge in [-0.3, -0.25) is 0 Å². The van der Waals surface area contributed by atoms with Crippen LogP contribution in [0.25, 0.3) is 0 Å². The Morgan fingerprint density at radius 2 is 2.40 bits per heavy atom. The highest BCUT2D eigenvalue weighted by Crippen LogP contribution is 2.17. The maximum absolute atomic E-state index is 10.5. The zero-order chi connectivity index (χ0) is 7.56. The Kier molecular flexibility index (Phi) is 1.90. The van der Waals surface area contributed by atoms with Gasteiger partial charge in [0.1, 0.15) is 0 Å². The topological polar surface area (TPSA) is 37.3 Å². The van der Waals surface area contributed by atoms with Gasteiger partial charge in [0.2, 0.25) is 0 Å². The summed E-state index contributed by atoms with van der Waals surface area (Å²) in [5.74, 6) is -0.776. The first-order valence-corrected chi connectivity index (χ1v) is 3.31. The summed E-state index contributed by atoms with van der Waals surface area (Å²) in [4.78, 5) is 10.5. The summed E-state index contributed by atoms with van der Waals surface area (Å²) >= 11 is 0. The normalized spacial score (nSPS) is 17.7. The lowest BCUT2D eigenvalue weighted by Gasteiger charge is -2.07. The summed E-state index contributed by atoms with van der Waals surface area (Å²) in [5, 5.41) is 8.62. The van der Waals surface area contributed by atoms with E-state index < -0.39 is 5.97 Å². The van der Waals surface area contributed by atoms with Crippen LogP contribution < -0.4 is 0 Å². The minimum Gasteiger partial charge on any atom is -0.478 e. The number of allylic oxidation sites excluding steroid dienone is 3. The molecule has 1 N–H and O–H groups in total. The smallest absolute Gasteiger partial charge is 0.331 e. The molecule has 0 spiro atoms. The molecule has 0 unspecified atom stereocenters. The van der Waals surface area contributed by atoms with Crippen molar-refractivity contribution in [3.8, 4) is 0 Å². The molecule has 0 amide bonds. The van der Waals surface area contributed by atoms with E-state index in [-0.39, 0.29) is 0 Å². The van der Waals surface area contributed by atoms with Gasteiger partial charge in [-0.25, -0.2) is 4.79 Å². The van der Waals surface area contributed by atoms with Gasteiger partial charge in [-0.05, 0) is 25.3 Å². The molecule has 10 heavy (non-hydrogen) atoms. The lowest BCUT2D eigenvalue weighted by atomic mass is 9.99. The number of carbonyl (C=O) groups is 1. The van der Waals surface area contributed by atoms with Crippen molar-refractivity contribution in [3.63, 3.8) is 0 Å². The van der Waals surface area contributed by atoms with Crippen LogP contribution in [0.15, 0.2) is 23.3 Å². The summed E-state index contributed by atoms with van der Waals surface area (Å²) in [5.41, 5.74) is 1.45. The molecule has 0 saturated heterocycles. The number of rotatable bonds is 1. The van der Waals surface area contributed by atoms with Crippen molar-refractivity contribution >= 4 is 5.97 Å². The van der Waals surface area contributed by atoms with Crippen molar-refractivity contribution in [1.29, 1.82) is 0 Å². The summed E-state index contributed by atoms with van der Waals surface area (Å²) in [6.07, 6.45) is 5.41. The molecule has 2 nitrogen and oxygen atoms in total. The van der Waals surface area contributed by atoms with Crippen molar-refractivity contribution in [2.45, 2.75) is 19.8 Å². The molecule has 54 valence electrons. The third kappa shape index (κ3) is 1.26. The Morgan fingerprint density at radius 3 is 2.80 bits per heavy atom. The lowest BCUT2D eigenvalue weighted by Crippen LogP contribution is -2.04. The van der Waals surface area contributed by atoms with E-state index in [1.807, 2.05) is 19.1 Å². The Morgan fingerprint density at radius 1 is 1.70 bits per heavy atom. The lowest BCUT2D eigenvalue weighted by molar-refractivity contribution is -0.132. The van der Waals surface area contributed by atoms with E-state index in [4.69, 9.17) is 5.11 Å². The van der Waals surface area contributed by atoms with Crippen molar-refractivity contribution in [2.75, 3.05) is 0 Å². The third-order valence-electron chi connectivity index (χ3n) is 1.66. The molecule has 0 aromatic carbocycles. The van der Waals surface area contributed by atoms with Crippen molar-refractivity contribution in [1.82, 2.24) is 0 Å². The Labute approximate surface area is 59.9 Å².